The van der Waals surface area contributed by atoms with Crippen molar-refractivity contribution in [2.45, 2.75) is 19.8 Å². The number of piperazine rings is 1. The lowest BCUT2D eigenvalue weighted by atomic mass is 10.0. The van der Waals surface area contributed by atoms with Gasteiger partial charge < -0.3 is 15.5 Å². The van der Waals surface area contributed by atoms with Gasteiger partial charge in [0.2, 0.25) is 5.91 Å². The molecule has 1 heterocycles. The molecule has 1 aliphatic rings. The number of hydrogen-bond donors (Lipinski definition) is 1. The number of nitrogens with zero attached hydrogens (tertiary/aromatic N) is 3. The number of likely N-dealkylation sites (N-methyl/N-ethyl adjacent to an activating group) is 1. The fraction of sp³-hybridized carbons (Fsp3) is 0.857. The van der Waals surface area contributed by atoms with Crippen molar-refractivity contribution in [2.24, 2.45) is 11.7 Å². The molecule has 1 aliphatic heterocycles. The number of amides is 1. The Bertz CT molecular complexity index is 327. The first-order chi connectivity index (χ1) is 9.45. The Morgan fingerprint density at radius 2 is 1.90 bits per heavy atom. The Balaban J connectivity index is 2.43. The van der Waals surface area contributed by atoms with Crippen LogP contribution >= 0.6 is 12.2 Å². The van der Waals surface area contributed by atoms with Crippen LogP contribution in [0.1, 0.15) is 19.8 Å². The molecule has 5 nitrogen and oxygen atoms in total. The van der Waals surface area contributed by atoms with Crippen LogP contribution in [0.2, 0.25) is 0 Å². The number of hydrogen-bond acceptors (Lipinski definition) is 4. The van der Waals surface area contributed by atoms with Crippen LogP contribution < -0.4 is 5.73 Å². The van der Waals surface area contributed by atoms with E-state index in [-0.39, 0.29) is 11.8 Å². The van der Waals surface area contributed by atoms with Crippen molar-refractivity contribution in [3.63, 3.8) is 0 Å². The summed E-state index contributed by atoms with van der Waals surface area (Å²) in [5.74, 6) is -0.157. The number of nitrogens with two attached hydrogens (primary N) is 1. The van der Waals surface area contributed by atoms with E-state index in [1.165, 1.54) is 0 Å². The average Bonchev–Trinajstić information content (AvgIpc) is 2.42. The maximum absolute atomic E-state index is 12.4. The Morgan fingerprint density at radius 3 is 2.35 bits per heavy atom. The van der Waals surface area contributed by atoms with Gasteiger partial charge in [0.15, 0.2) is 0 Å². The first-order valence-corrected chi connectivity index (χ1v) is 7.81. The minimum absolute atomic E-state index is 0.117. The summed E-state index contributed by atoms with van der Waals surface area (Å²) in [5, 5.41) is 0. The highest BCUT2D eigenvalue weighted by molar-refractivity contribution is 7.80. The Morgan fingerprint density at radius 1 is 1.30 bits per heavy atom. The maximum atomic E-state index is 12.4. The number of carbonyl (C=O) groups excluding carboxylic acids is 1. The van der Waals surface area contributed by atoms with E-state index >= 15 is 0 Å². The normalized spacial score (nSPS) is 18.3. The quantitative estimate of drug-likeness (QED) is 0.690. The number of carbonyl (C=O) groups is 1. The van der Waals surface area contributed by atoms with Crippen LogP contribution in [-0.4, -0.2) is 79.0 Å². The zero-order valence-corrected chi connectivity index (χ0v) is 13.8. The molecule has 0 bridgehead atoms. The molecule has 1 saturated heterocycles. The molecule has 116 valence electrons. The van der Waals surface area contributed by atoms with Crippen LogP contribution in [0.5, 0.6) is 0 Å². The highest BCUT2D eigenvalue weighted by atomic mass is 32.1. The summed E-state index contributed by atoms with van der Waals surface area (Å²) in [6, 6.07) is 0. The topological polar surface area (TPSA) is 52.8 Å². The third-order valence-corrected chi connectivity index (χ3v) is 4.05. The van der Waals surface area contributed by atoms with E-state index in [1.54, 1.807) is 0 Å². The molecule has 0 saturated carbocycles. The van der Waals surface area contributed by atoms with E-state index in [9.17, 15) is 4.79 Å². The molecule has 1 rings (SSSR count). The summed E-state index contributed by atoms with van der Waals surface area (Å²) < 4.78 is 0. The summed E-state index contributed by atoms with van der Waals surface area (Å²) in [4.78, 5) is 19.3. The minimum atomic E-state index is -0.275. The predicted molar refractivity (Wildman–Crippen MR) is 86.8 cm³/mol. The summed E-state index contributed by atoms with van der Waals surface area (Å²) >= 11 is 5.04. The largest absolute Gasteiger partial charge is 0.393 e. The number of thiocarbonyl (C=S) groups is 1. The Hall–Kier alpha value is -0.720. The minimum Gasteiger partial charge on any atom is -0.393 e. The van der Waals surface area contributed by atoms with E-state index in [0.717, 1.165) is 52.1 Å². The van der Waals surface area contributed by atoms with E-state index in [0.29, 0.717) is 4.99 Å². The van der Waals surface area contributed by atoms with E-state index < -0.39 is 0 Å². The van der Waals surface area contributed by atoms with Gasteiger partial charge in [-0.1, -0.05) is 25.6 Å². The highest BCUT2D eigenvalue weighted by Crippen LogP contribution is 2.13. The van der Waals surface area contributed by atoms with E-state index in [1.807, 2.05) is 4.90 Å². The SMILES string of the molecule is CCCC(C(=O)N1CCN(CCN(C)C)CC1)C(N)=S. The maximum Gasteiger partial charge on any atom is 0.232 e. The Labute approximate surface area is 128 Å². The predicted octanol–water partition coefficient (Wildman–Crippen LogP) is 0.395. The first kappa shape index (κ1) is 17.3. The standard InChI is InChI=1S/C14H28N4OS/c1-4-5-12(13(15)20)14(19)18-10-8-17(9-11-18)7-6-16(2)3/h12H,4-11H2,1-3H3,(H2,15,20). The average molecular weight is 300 g/mol. The lowest BCUT2D eigenvalue weighted by Crippen LogP contribution is -2.52. The zero-order chi connectivity index (χ0) is 15.1. The van der Waals surface area contributed by atoms with Gasteiger partial charge in [0.25, 0.3) is 0 Å². The van der Waals surface area contributed by atoms with Crippen molar-refractivity contribution >= 4 is 23.1 Å². The monoisotopic (exact) mass is 300 g/mol. The van der Waals surface area contributed by atoms with Gasteiger partial charge in [-0.15, -0.1) is 0 Å². The van der Waals surface area contributed by atoms with Crippen LogP contribution in [0.25, 0.3) is 0 Å². The van der Waals surface area contributed by atoms with Gasteiger partial charge in [-0.05, 0) is 20.5 Å². The molecule has 1 amide bonds. The molecule has 1 unspecified atom stereocenters. The molecule has 0 aromatic heterocycles. The summed E-state index contributed by atoms with van der Waals surface area (Å²) in [6.07, 6.45) is 1.69. The highest BCUT2D eigenvalue weighted by Gasteiger charge is 2.28. The molecular weight excluding hydrogens is 272 g/mol. The van der Waals surface area contributed by atoms with E-state index in [2.05, 4.69) is 30.8 Å². The van der Waals surface area contributed by atoms with Crippen molar-refractivity contribution in [3.8, 4) is 0 Å². The van der Waals surface area contributed by atoms with Crippen molar-refractivity contribution < 1.29 is 4.79 Å². The van der Waals surface area contributed by atoms with Gasteiger partial charge in [-0.25, -0.2) is 0 Å². The summed E-state index contributed by atoms with van der Waals surface area (Å²) in [6.45, 7) is 7.62. The second-order valence-corrected chi connectivity index (χ2v) is 6.19. The zero-order valence-electron chi connectivity index (χ0n) is 13.0. The fourth-order valence-corrected chi connectivity index (χ4v) is 2.65. The molecule has 0 aromatic carbocycles. The molecular formula is C14H28N4OS. The lowest BCUT2D eigenvalue weighted by Gasteiger charge is -2.36. The molecule has 0 spiro atoms. The second-order valence-electron chi connectivity index (χ2n) is 5.71. The van der Waals surface area contributed by atoms with Crippen molar-refractivity contribution in [1.29, 1.82) is 0 Å². The summed E-state index contributed by atoms with van der Waals surface area (Å²) in [7, 11) is 4.16. The molecule has 0 radical (unpaired) electrons. The third kappa shape index (κ3) is 5.34. The van der Waals surface area contributed by atoms with Crippen LogP contribution in [0.3, 0.4) is 0 Å². The molecule has 20 heavy (non-hydrogen) atoms. The first-order valence-electron chi connectivity index (χ1n) is 7.41. The van der Waals surface area contributed by atoms with Gasteiger partial charge in [-0.2, -0.15) is 0 Å². The number of rotatable bonds is 7. The van der Waals surface area contributed by atoms with E-state index in [4.69, 9.17) is 18.0 Å². The second kappa shape index (κ2) is 8.54. The molecule has 0 aliphatic carbocycles. The van der Waals surface area contributed by atoms with Crippen LogP contribution in [0, 0.1) is 5.92 Å². The molecule has 1 atom stereocenters. The van der Waals surface area contributed by atoms with Gasteiger partial charge in [0, 0.05) is 39.3 Å². The van der Waals surface area contributed by atoms with Gasteiger partial charge in [0.05, 0.1) is 10.9 Å². The lowest BCUT2D eigenvalue weighted by molar-refractivity contribution is -0.135. The fourth-order valence-electron chi connectivity index (χ4n) is 2.43. The molecule has 1 fully saturated rings. The van der Waals surface area contributed by atoms with Crippen LogP contribution in [0.4, 0.5) is 0 Å². The Kier molecular flexibility index (Phi) is 7.40. The van der Waals surface area contributed by atoms with Crippen molar-refractivity contribution in [1.82, 2.24) is 14.7 Å². The van der Waals surface area contributed by atoms with Gasteiger partial charge >= 0.3 is 0 Å². The third-order valence-electron chi connectivity index (χ3n) is 3.77. The summed E-state index contributed by atoms with van der Waals surface area (Å²) in [5.41, 5.74) is 5.71. The molecule has 2 N–H and O–H groups in total. The van der Waals surface area contributed by atoms with Crippen molar-refractivity contribution in [3.05, 3.63) is 0 Å². The smallest absolute Gasteiger partial charge is 0.232 e. The van der Waals surface area contributed by atoms with Gasteiger partial charge in [-0.3, -0.25) is 9.69 Å². The van der Waals surface area contributed by atoms with Crippen LogP contribution in [-0.2, 0) is 4.79 Å². The molecule has 6 heteroatoms. The molecule has 0 aromatic rings. The van der Waals surface area contributed by atoms with Gasteiger partial charge in [0.1, 0.15) is 0 Å². The van der Waals surface area contributed by atoms with Crippen LogP contribution in [0.15, 0.2) is 0 Å². The van der Waals surface area contributed by atoms with Crippen molar-refractivity contribution in [2.75, 3.05) is 53.4 Å².